The number of phenolic OH excluding ortho intramolecular Hbond substituents is 1. The van der Waals surface area contributed by atoms with Crippen LogP contribution in [0, 0.1) is 0 Å². The van der Waals surface area contributed by atoms with Crippen molar-refractivity contribution in [1.82, 2.24) is 5.32 Å². The number of carbonyl (C=O) groups is 1. The molecule has 0 aromatic heterocycles. The highest BCUT2D eigenvalue weighted by atomic mass is 16.7. The highest BCUT2D eigenvalue weighted by molar-refractivity contribution is 5.91. The van der Waals surface area contributed by atoms with E-state index in [1.165, 1.54) is 6.08 Å². The fourth-order valence-electron chi connectivity index (χ4n) is 3.18. The molecular weight excluding hydrogens is 418 g/mol. The molecule has 3 rings (SSSR count). The number of aliphatic hydroxyl groups excluding tert-OH is 4. The molecule has 1 fully saturated rings. The van der Waals surface area contributed by atoms with Gasteiger partial charge >= 0.3 is 0 Å². The lowest BCUT2D eigenvalue weighted by Crippen LogP contribution is -2.60. The minimum absolute atomic E-state index is 0.163. The van der Waals surface area contributed by atoms with Crippen LogP contribution in [-0.2, 0) is 16.0 Å². The van der Waals surface area contributed by atoms with Crippen molar-refractivity contribution in [3.8, 4) is 11.5 Å². The van der Waals surface area contributed by atoms with Crippen molar-refractivity contribution in [2.75, 3.05) is 13.2 Å². The fraction of sp³-hybridized carbons (Fsp3) is 0.348. The topological polar surface area (TPSA) is 149 Å². The van der Waals surface area contributed by atoms with Crippen molar-refractivity contribution in [1.29, 1.82) is 0 Å². The lowest BCUT2D eigenvalue weighted by molar-refractivity contribution is -0.277. The van der Waals surface area contributed by atoms with Crippen LogP contribution in [-0.4, -0.2) is 75.3 Å². The molecule has 0 radical (unpaired) electrons. The third kappa shape index (κ3) is 6.28. The van der Waals surface area contributed by atoms with Crippen LogP contribution in [0.3, 0.4) is 0 Å². The number of carbonyl (C=O) groups excluding carboxylic acids is 1. The largest absolute Gasteiger partial charge is 0.508 e. The number of phenols is 1. The van der Waals surface area contributed by atoms with E-state index < -0.39 is 37.3 Å². The molecule has 1 saturated heterocycles. The summed E-state index contributed by atoms with van der Waals surface area (Å²) in [5.74, 6) is 0.302. The molecule has 2 aromatic rings. The second-order valence-electron chi connectivity index (χ2n) is 7.42. The normalized spacial score (nSPS) is 25.6. The van der Waals surface area contributed by atoms with Crippen molar-refractivity contribution >= 4 is 12.0 Å². The first-order chi connectivity index (χ1) is 15.4. The SMILES string of the molecule is O=C(/C=C/c1ccc(O)cc1)NCCc1ccc(O[C@@H]2O[C@H](CO)[C@@H](O)[C@H](O)[C@H]2O)cc1. The van der Waals surface area contributed by atoms with Crippen LogP contribution in [0.15, 0.2) is 54.6 Å². The maximum atomic E-state index is 11.9. The molecule has 0 unspecified atom stereocenters. The predicted octanol–water partition coefficient (Wildman–Crippen LogP) is -0.0570. The Labute approximate surface area is 185 Å². The molecule has 1 aliphatic heterocycles. The van der Waals surface area contributed by atoms with E-state index in [9.17, 15) is 30.3 Å². The summed E-state index contributed by atoms with van der Waals surface area (Å²) in [6.45, 7) is -0.106. The highest BCUT2D eigenvalue weighted by Gasteiger charge is 2.44. The number of hydrogen-bond donors (Lipinski definition) is 6. The Morgan fingerprint density at radius 3 is 2.34 bits per heavy atom. The quantitative estimate of drug-likeness (QED) is 0.310. The molecule has 9 heteroatoms. The number of rotatable bonds is 8. The maximum Gasteiger partial charge on any atom is 0.244 e. The maximum absolute atomic E-state index is 11.9. The van der Waals surface area contributed by atoms with Gasteiger partial charge in [-0.25, -0.2) is 0 Å². The summed E-state index contributed by atoms with van der Waals surface area (Å²) in [4.78, 5) is 11.9. The Morgan fingerprint density at radius 1 is 1.00 bits per heavy atom. The van der Waals surface area contributed by atoms with Gasteiger partial charge in [0.25, 0.3) is 0 Å². The van der Waals surface area contributed by atoms with Gasteiger partial charge in [0.15, 0.2) is 0 Å². The zero-order valence-corrected chi connectivity index (χ0v) is 17.2. The van der Waals surface area contributed by atoms with Crippen LogP contribution in [0.1, 0.15) is 11.1 Å². The average molecular weight is 445 g/mol. The van der Waals surface area contributed by atoms with E-state index in [4.69, 9.17) is 9.47 Å². The number of nitrogens with one attached hydrogen (secondary N) is 1. The molecule has 0 aliphatic carbocycles. The summed E-state index contributed by atoms with van der Waals surface area (Å²) >= 11 is 0. The first-order valence-electron chi connectivity index (χ1n) is 10.2. The predicted molar refractivity (Wildman–Crippen MR) is 115 cm³/mol. The molecule has 5 atom stereocenters. The van der Waals surface area contributed by atoms with E-state index in [-0.39, 0.29) is 11.7 Å². The van der Waals surface area contributed by atoms with Gasteiger partial charge in [-0.3, -0.25) is 4.79 Å². The van der Waals surface area contributed by atoms with Gasteiger partial charge in [-0.15, -0.1) is 0 Å². The Hall–Kier alpha value is -2.95. The Morgan fingerprint density at radius 2 is 1.69 bits per heavy atom. The van der Waals surface area contributed by atoms with Crippen molar-refractivity contribution in [2.45, 2.75) is 37.1 Å². The van der Waals surface area contributed by atoms with Gasteiger partial charge in [0.2, 0.25) is 12.2 Å². The molecule has 1 aliphatic rings. The molecule has 2 aromatic carbocycles. The summed E-state index contributed by atoms with van der Waals surface area (Å²) in [5, 5.41) is 50.9. The molecule has 1 heterocycles. The van der Waals surface area contributed by atoms with Gasteiger partial charge in [-0.2, -0.15) is 0 Å². The highest BCUT2D eigenvalue weighted by Crippen LogP contribution is 2.24. The van der Waals surface area contributed by atoms with Crippen LogP contribution >= 0.6 is 0 Å². The van der Waals surface area contributed by atoms with E-state index in [1.807, 2.05) is 0 Å². The fourth-order valence-corrected chi connectivity index (χ4v) is 3.18. The molecular formula is C23H27NO8. The smallest absolute Gasteiger partial charge is 0.244 e. The van der Waals surface area contributed by atoms with Crippen molar-refractivity contribution in [3.05, 3.63) is 65.7 Å². The molecule has 32 heavy (non-hydrogen) atoms. The van der Waals surface area contributed by atoms with Gasteiger partial charge in [0.1, 0.15) is 35.9 Å². The second kappa shape index (κ2) is 11.1. The zero-order valence-electron chi connectivity index (χ0n) is 17.2. The average Bonchev–Trinajstić information content (AvgIpc) is 2.80. The summed E-state index contributed by atoms with van der Waals surface area (Å²) in [6, 6.07) is 13.4. The first kappa shape index (κ1) is 23.7. The molecule has 0 bridgehead atoms. The van der Waals surface area contributed by atoms with E-state index in [2.05, 4.69) is 5.32 Å². The number of ether oxygens (including phenoxy) is 2. The summed E-state index contributed by atoms with van der Waals surface area (Å²) in [5.41, 5.74) is 1.74. The molecule has 6 N–H and O–H groups in total. The van der Waals surface area contributed by atoms with Gasteiger partial charge in [0.05, 0.1) is 6.61 Å². The molecule has 1 amide bonds. The molecule has 9 nitrogen and oxygen atoms in total. The third-order valence-corrected chi connectivity index (χ3v) is 5.06. The van der Waals surface area contributed by atoms with Crippen LogP contribution in [0.25, 0.3) is 6.08 Å². The number of amides is 1. The van der Waals surface area contributed by atoms with E-state index >= 15 is 0 Å². The Balaban J connectivity index is 1.45. The van der Waals surface area contributed by atoms with E-state index in [1.54, 1.807) is 54.6 Å². The van der Waals surface area contributed by atoms with Crippen molar-refractivity contribution < 1.29 is 39.8 Å². The van der Waals surface area contributed by atoms with Gasteiger partial charge in [-0.05, 0) is 47.9 Å². The van der Waals surface area contributed by atoms with Crippen LogP contribution in [0.5, 0.6) is 11.5 Å². The zero-order chi connectivity index (χ0) is 23.1. The lowest BCUT2D eigenvalue weighted by Gasteiger charge is -2.39. The second-order valence-corrected chi connectivity index (χ2v) is 7.42. The van der Waals surface area contributed by atoms with E-state index in [0.717, 1.165) is 11.1 Å². The number of aromatic hydroxyl groups is 1. The van der Waals surface area contributed by atoms with Gasteiger partial charge < -0.3 is 40.3 Å². The lowest BCUT2D eigenvalue weighted by atomic mass is 9.99. The van der Waals surface area contributed by atoms with Crippen LogP contribution < -0.4 is 10.1 Å². The molecule has 0 saturated carbocycles. The third-order valence-electron chi connectivity index (χ3n) is 5.06. The Bertz CT molecular complexity index is 897. The number of hydrogen-bond acceptors (Lipinski definition) is 8. The summed E-state index contributed by atoms with van der Waals surface area (Å²) in [7, 11) is 0. The molecule has 172 valence electrons. The van der Waals surface area contributed by atoms with Gasteiger partial charge in [0, 0.05) is 12.6 Å². The number of benzene rings is 2. The first-order valence-corrected chi connectivity index (χ1v) is 10.2. The van der Waals surface area contributed by atoms with Gasteiger partial charge in [-0.1, -0.05) is 24.3 Å². The van der Waals surface area contributed by atoms with Crippen molar-refractivity contribution in [2.24, 2.45) is 0 Å². The number of aliphatic hydroxyl groups is 4. The van der Waals surface area contributed by atoms with E-state index in [0.29, 0.717) is 18.7 Å². The Kier molecular flexibility index (Phi) is 8.20. The van der Waals surface area contributed by atoms with Crippen LogP contribution in [0.4, 0.5) is 0 Å². The molecule has 0 spiro atoms. The minimum Gasteiger partial charge on any atom is -0.508 e. The summed E-state index contributed by atoms with van der Waals surface area (Å²) in [6.07, 6.45) is -3.04. The van der Waals surface area contributed by atoms with Crippen LogP contribution in [0.2, 0.25) is 0 Å². The minimum atomic E-state index is -1.50. The monoisotopic (exact) mass is 445 g/mol. The standard InChI is InChI=1S/C23H27NO8/c25-13-18-20(28)21(29)22(30)23(32-18)31-17-8-3-15(4-9-17)11-12-24-19(27)10-5-14-1-6-16(26)7-2-14/h1-10,18,20-23,25-26,28-30H,11-13H2,(H,24,27)/b10-5+/t18-,20-,21+,22-,23-/m1/s1. The summed E-state index contributed by atoms with van der Waals surface area (Å²) < 4.78 is 10.9. The van der Waals surface area contributed by atoms with Crippen molar-refractivity contribution in [3.63, 3.8) is 0 Å².